The van der Waals surface area contributed by atoms with Crippen LogP contribution in [0.3, 0.4) is 0 Å². The number of urea groups is 1. The van der Waals surface area contributed by atoms with Crippen LogP contribution in [0, 0.1) is 18.6 Å². The lowest BCUT2D eigenvalue weighted by atomic mass is 10.1. The van der Waals surface area contributed by atoms with Crippen molar-refractivity contribution in [3.63, 3.8) is 0 Å². The lowest BCUT2D eigenvalue weighted by Gasteiger charge is -2.14. The van der Waals surface area contributed by atoms with Gasteiger partial charge < -0.3 is 15.4 Å². The van der Waals surface area contributed by atoms with Crippen LogP contribution >= 0.6 is 0 Å². The number of ether oxygens (including phenoxy) is 1. The third-order valence-electron chi connectivity index (χ3n) is 3.57. The van der Waals surface area contributed by atoms with E-state index >= 15 is 0 Å². The highest BCUT2D eigenvalue weighted by Gasteiger charge is 2.13. The van der Waals surface area contributed by atoms with E-state index < -0.39 is 17.7 Å². The molecule has 0 saturated carbocycles. The van der Waals surface area contributed by atoms with Crippen LogP contribution in [0.5, 0.6) is 0 Å². The van der Waals surface area contributed by atoms with E-state index in [-0.39, 0.29) is 17.5 Å². The average Bonchev–Trinajstić information content (AvgIpc) is 2.54. The minimum absolute atomic E-state index is 0.00742. The molecule has 0 saturated heterocycles. The van der Waals surface area contributed by atoms with Gasteiger partial charge in [-0.25, -0.2) is 13.6 Å². The summed E-state index contributed by atoms with van der Waals surface area (Å²) >= 11 is 0. The van der Waals surface area contributed by atoms with Crippen LogP contribution in [0.15, 0.2) is 36.4 Å². The third-order valence-corrected chi connectivity index (χ3v) is 3.57. The number of halogens is 2. The number of carbonyl (C=O) groups is 1. The smallest absolute Gasteiger partial charge is 0.323 e. The Morgan fingerprint density at radius 2 is 1.88 bits per heavy atom. The van der Waals surface area contributed by atoms with Gasteiger partial charge in [-0.15, -0.1) is 0 Å². The van der Waals surface area contributed by atoms with Gasteiger partial charge in [0.05, 0.1) is 17.5 Å². The number of hydrogen-bond acceptors (Lipinski definition) is 2. The number of amides is 2. The molecule has 0 spiro atoms. The Morgan fingerprint density at radius 1 is 1.17 bits per heavy atom. The summed E-state index contributed by atoms with van der Waals surface area (Å²) in [5.41, 5.74) is 1.13. The third kappa shape index (κ3) is 4.29. The van der Waals surface area contributed by atoms with Gasteiger partial charge in [0.1, 0.15) is 11.6 Å². The molecular formula is C18H20F2N2O2. The normalized spacial score (nSPS) is 11.9. The van der Waals surface area contributed by atoms with Gasteiger partial charge in [-0.05, 0) is 50.1 Å². The molecule has 2 N–H and O–H groups in total. The maximum absolute atomic E-state index is 14.1. The molecule has 1 atom stereocenters. The van der Waals surface area contributed by atoms with Gasteiger partial charge in [-0.3, -0.25) is 0 Å². The molecule has 6 heteroatoms. The molecule has 128 valence electrons. The van der Waals surface area contributed by atoms with E-state index in [1.807, 2.05) is 13.8 Å². The molecule has 0 heterocycles. The Bertz CT molecular complexity index is 735. The van der Waals surface area contributed by atoms with Crippen LogP contribution in [0.25, 0.3) is 0 Å². The molecule has 0 fully saturated rings. The fourth-order valence-corrected chi connectivity index (χ4v) is 2.25. The second-order valence-electron chi connectivity index (χ2n) is 5.35. The van der Waals surface area contributed by atoms with Crippen molar-refractivity contribution in [3.8, 4) is 0 Å². The summed E-state index contributed by atoms with van der Waals surface area (Å²) in [6, 6.07) is 8.37. The van der Waals surface area contributed by atoms with Crippen molar-refractivity contribution in [1.29, 1.82) is 0 Å². The topological polar surface area (TPSA) is 50.4 Å². The first-order chi connectivity index (χ1) is 11.4. The monoisotopic (exact) mass is 334 g/mol. The molecule has 2 aromatic carbocycles. The molecule has 0 aromatic heterocycles. The number of hydrogen-bond donors (Lipinski definition) is 2. The summed E-state index contributed by atoms with van der Waals surface area (Å²) in [6.45, 7) is 5.79. The SMILES string of the molecule is CCOC(C)c1ccc(NC(=O)Nc2cccc(C)c2F)c(F)c1. The fourth-order valence-electron chi connectivity index (χ4n) is 2.25. The van der Waals surface area contributed by atoms with Crippen molar-refractivity contribution in [2.75, 3.05) is 17.2 Å². The first-order valence-electron chi connectivity index (χ1n) is 7.66. The van der Waals surface area contributed by atoms with Gasteiger partial charge in [0.15, 0.2) is 0 Å². The summed E-state index contributed by atoms with van der Waals surface area (Å²) in [6.07, 6.45) is -0.242. The quantitative estimate of drug-likeness (QED) is 0.807. The van der Waals surface area contributed by atoms with Crippen LogP contribution < -0.4 is 10.6 Å². The van der Waals surface area contributed by atoms with E-state index in [0.717, 1.165) is 0 Å². The summed E-state index contributed by atoms with van der Waals surface area (Å²) in [5, 5.41) is 4.74. The average molecular weight is 334 g/mol. The molecular weight excluding hydrogens is 314 g/mol. The lowest BCUT2D eigenvalue weighted by Crippen LogP contribution is -2.21. The molecule has 0 bridgehead atoms. The van der Waals surface area contributed by atoms with E-state index in [0.29, 0.717) is 17.7 Å². The van der Waals surface area contributed by atoms with Crippen molar-refractivity contribution in [2.45, 2.75) is 26.9 Å². The minimum Gasteiger partial charge on any atom is -0.374 e. The second kappa shape index (κ2) is 7.88. The van der Waals surface area contributed by atoms with E-state index in [1.54, 1.807) is 25.1 Å². The molecule has 0 aliphatic rings. The summed E-state index contributed by atoms with van der Waals surface area (Å²) in [7, 11) is 0. The van der Waals surface area contributed by atoms with Crippen molar-refractivity contribution < 1.29 is 18.3 Å². The van der Waals surface area contributed by atoms with Gasteiger partial charge in [0.25, 0.3) is 0 Å². The van der Waals surface area contributed by atoms with Crippen molar-refractivity contribution in [1.82, 2.24) is 0 Å². The summed E-state index contributed by atoms with van der Waals surface area (Å²) in [4.78, 5) is 11.9. The standard InChI is InChI=1S/C18H20F2N2O2/c1-4-24-12(3)13-8-9-15(14(19)10-13)21-18(23)22-16-7-5-6-11(2)17(16)20/h5-10,12H,4H2,1-3H3,(H2,21,22,23). The Morgan fingerprint density at radius 3 is 2.54 bits per heavy atom. The molecule has 2 rings (SSSR count). The first-order valence-corrected chi connectivity index (χ1v) is 7.66. The van der Waals surface area contributed by atoms with E-state index in [9.17, 15) is 13.6 Å². The molecule has 1 unspecified atom stereocenters. The molecule has 2 aromatic rings. The first kappa shape index (κ1) is 17.9. The van der Waals surface area contributed by atoms with E-state index in [1.165, 1.54) is 18.2 Å². The van der Waals surface area contributed by atoms with Gasteiger partial charge >= 0.3 is 6.03 Å². The maximum atomic E-state index is 14.1. The predicted octanol–water partition coefficient (Wildman–Crippen LogP) is 5.01. The largest absolute Gasteiger partial charge is 0.374 e. The van der Waals surface area contributed by atoms with E-state index in [2.05, 4.69) is 10.6 Å². The Labute approximate surface area is 139 Å². The number of rotatable bonds is 5. The Balaban J connectivity index is 2.07. The van der Waals surface area contributed by atoms with Crippen molar-refractivity contribution in [2.24, 2.45) is 0 Å². The zero-order valence-electron chi connectivity index (χ0n) is 13.8. The van der Waals surface area contributed by atoms with Crippen molar-refractivity contribution in [3.05, 3.63) is 59.2 Å². The molecule has 4 nitrogen and oxygen atoms in total. The second-order valence-corrected chi connectivity index (χ2v) is 5.35. The number of benzene rings is 2. The van der Waals surface area contributed by atoms with E-state index in [4.69, 9.17) is 4.74 Å². The van der Waals surface area contributed by atoms with Gasteiger partial charge in [-0.2, -0.15) is 0 Å². The molecule has 0 radical (unpaired) electrons. The summed E-state index contributed by atoms with van der Waals surface area (Å²) in [5.74, 6) is -1.10. The fraction of sp³-hybridized carbons (Fsp3) is 0.278. The highest BCUT2D eigenvalue weighted by Crippen LogP contribution is 2.23. The van der Waals surface area contributed by atoms with Crippen LogP contribution in [-0.2, 0) is 4.74 Å². The number of aryl methyl sites for hydroxylation is 1. The number of carbonyl (C=O) groups excluding carboxylic acids is 1. The summed E-state index contributed by atoms with van der Waals surface area (Å²) < 4.78 is 33.4. The zero-order chi connectivity index (χ0) is 17.7. The number of nitrogens with one attached hydrogen (secondary N) is 2. The van der Waals surface area contributed by atoms with Crippen LogP contribution in [0.1, 0.15) is 31.1 Å². The maximum Gasteiger partial charge on any atom is 0.323 e. The predicted molar refractivity (Wildman–Crippen MR) is 90.2 cm³/mol. The highest BCUT2D eigenvalue weighted by atomic mass is 19.1. The van der Waals surface area contributed by atoms with Gasteiger partial charge in [-0.1, -0.05) is 18.2 Å². The highest BCUT2D eigenvalue weighted by molar-refractivity contribution is 5.99. The zero-order valence-corrected chi connectivity index (χ0v) is 13.8. The van der Waals surface area contributed by atoms with Crippen LogP contribution in [0.4, 0.5) is 25.0 Å². The molecule has 24 heavy (non-hydrogen) atoms. The Kier molecular flexibility index (Phi) is 5.87. The van der Waals surface area contributed by atoms with Crippen LogP contribution in [-0.4, -0.2) is 12.6 Å². The molecule has 0 aliphatic heterocycles. The van der Waals surface area contributed by atoms with Gasteiger partial charge in [0.2, 0.25) is 0 Å². The number of anilines is 2. The van der Waals surface area contributed by atoms with Crippen LogP contribution in [0.2, 0.25) is 0 Å². The van der Waals surface area contributed by atoms with Gasteiger partial charge in [0, 0.05) is 6.61 Å². The van der Waals surface area contributed by atoms with Crippen molar-refractivity contribution >= 4 is 17.4 Å². The minimum atomic E-state index is -0.719. The Hall–Kier alpha value is -2.47. The molecule has 0 aliphatic carbocycles. The molecule has 2 amide bonds. The lowest BCUT2D eigenvalue weighted by molar-refractivity contribution is 0.0762.